The number of methoxy groups -OCH3 is 1. The van der Waals surface area contributed by atoms with Crippen LogP contribution in [0.15, 0.2) is 90.1 Å². The number of rotatable bonds is 8. The van der Waals surface area contributed by atoms with Gasteiger partial charge in [0.1, 0.15) is 11.9 Å². The van der Waals surface area contributed by atoms with Gasteiger partial charge in [-0.2, -0.15) is 0 Å². The van der Waals surface area contributed by atoms with E-state index in [-0.39, 0.29) is 11.7 Å². The number of aliphatic hydroxyl groups is 1. The SMILES string of the molecule is COc1cccc(NC(=O)CSc2nnc(C(O)c3ccccc3)n2-c2ccccc2)c1. The van der Waals surface area contributed by atoms with Crippen LogP contribution in [0, 0.1) is 0 Å². The van der Waals surface area contributed by atoms with Gasteiger partial charge in [-0.05, 0) is 29.8 Å². The Kier molecular flexibility index (Phi) is 6.84. The largest absolute Gasteiger partial charge is 0.497 e. The van der Waals surface area contributed by atoms with E-state index in [0.717, 1.165) is 5.69 Å². The molecule has 1 unspecified atom stereocenters. The zero-order chi connectivity index (χ0) is 22.3. The zero-order valence-corrected chi connectivity index (χ0v) is 18.2. The van der Waals surface area contributed by atoms with Gasteiger partial charge in [0.05, 0.1) is 12.9 Å². The Morgan fingerprint density at radius 2 is 1.75 bits per heavy atom. The highest BCUT2D eigenvalue weighted by Crippen LogP contribution is 2.28. The Balaban J connectivity index is 1.56. The fourth-order valence-corrected chi connectivity index (χ4v) is 3.94. The summed E-state index contributed by atoms with van der Waals surface area (Å²) in [4.78, 5) is 12.5. The molecule has 7 nitrogen and oxygen atoms in total. The molecule has 3 aromatic carbocycles. The molecule has 0 saturated heterocycles. The second kappa shape index (κ2) is 10.1. The lowest BCUT2D eigenvalue weighted by molar-refractivity contribution is -0.113. The molecule has 0 fully saturated rings. The molecule has 0 aliphatic carbocycles. The number of ether oxygens (including phenoxy) is 1. The van der Waals surface area contributed by atoms with E-state index in [4.69, 9.17) is 4.74 Å². The number of hydrogen-bond acceptors (Lipinski definition) is 6. The van der Waals surface area contributed by atoms with Crippen LogP contribution < -0.4 is 10.1 Å². The minimum absolute atomic E-state index is 0.129. The molecule has 1 atom stereocenters. The summed E-state index contributed by atoms with van der Waals surface area (Å²) < 4.78 is 6.97. The maximum atomic E-state index is 12.5. The second-order valence-electron chi connectivity index (χ2n) is 6.89. The summed E-state index contributed by atoms with van der Waals surface area (Å²) in [7, 11) is 1.58. The number of nitrogens with one attached hydrogen (secondary N) is 1. The Morgan fingerprint density at radius 1 is 1.03 bits per heavy atom. The van der Waals surface area contributed by atoms with E-state index in [1.54, 1.807) is 23.8 Å². The van der Waals surface area contributed by atoms with Crippen molar-refractivity contribution in [1.29, 1.82) is 0 Å². The van der Waals surface area contributed by atoms with Gasteiger partial charge < -0.3 is 15.2 Å². The van der Waals surface area contributed by atoms with Gasteiger partial charge in [0, 0.05) is 17.4 Å². The molecule has 4 rings (SSSR count). The van der Waals surface area contributed by atoms with E-state index in [2.05, 4.69) is 15.5 Å². The number of aliphatic hydroxyl groups excluding tert-OH is 1. The maximum absolute atomic E-state index is 12.5. The standard InChI is InChI=1S/C24H22N4O3S/c1-31-20-14-8-11-18(15-20)25-21(29)16-32-24-27-26-23(22(30)17-9-4-2-5-10-17)28(24)19-12-6-3-7-13-19/h2-15,22,30H,16H2,1H3,(H,25,29). The summed E-state index contributed by atoms with van der Waals surface area (Å²) in [5, 5.41) is 22.8. The summed E-state index contributed by atoms with van der Waals surface area (Å²) in [5.41, 5.74) is 2.17. The van der Waals surface area contributed by atoms with Crippen molar-refractivity contribution in [2.24, 2.45) is 0 Å². The van der Waals surface area contributed by atoms with Crippen LogP contribution in [0.3, 0.4) is 0 Å². The Hall–Kier alpha value is -3.62. The first kappa shape index (κ1) is 21.6. The van der Waals surface area contributed by atoms with Crippen molar-refractivity contribution in [3.8, 4) is 11.4 Å². The average molecular weight is 447 g/mol. The van der Waals surface area contributed by atoms with Crippen LogP contribution in [-0.4, -0.2) is 38.6 Å². The van der Waals surface area contributed by atoms with Gasteiger partial charge in [-0.15, -0.1) is 10.2 Å². The lowest BCUT2D eigenvalue weighted by Gasteiger charge is -2.14. The lowest BCUT2D eigenvalue weighted by Crippen LogP contribution is -2.15. The van der Waals surface area contributed by atoms with E-state index in [1.807, 2.05) is 72.8 Å². The summed E-state index contributed by atoms with van der Waals surface area (Å²) >= 11 is 1.25. The predicted molar refractivity (Wildman–Crippen MR) is 124 cm³/mol. The number of carbonyl (C=O) groups is 1. The first-order valence-corrected chi connectivity index (χ1v) is 10.9. The highest BCUT2D eigenvalue weighted by molar-refractivity contribution is 7.99. The van der Waals surface area contributed by atoms with Crippen LogP contribution in [0.1, 0.15) is 17.5 Å². The molecule has 8 heteroatoms. The number of amides is 1. The fourth-order valence-electron chi connectivity index (χ4n) is 3.18. The number of hydrogen-bond donors (Lipinski definition) is 2. The van der Waals surface area contributed by atoms with Gasteiger partial charge in [0.15, 0.2) is 11.0 Å². The first-order chi connectivity index (χ1) is 15.7. The molecule has 0 aliphatic rings. The molecule has 2 N–H and O–H groups in total. The number of thioether (sulfide) groups is 1. The van der Waals surface area contributed by atoms with Crippen LogP contribution in [-0.2, 0) is 4.79 Å². The van der Waals surface area contributed by atoms with Gasteiger partial charge in [-0.25, -0.2) is 0 Å². The monoisotopic (exact) mass is 446 g/mol. The number of anilines is 1. The molecular formula is C24H22N4O3S. The summed E-state index contributed by atoms with van der Waals surface area (Å²) in [6, 6.07) is 26.0. The second-order valence-corrected chi connectivity index (χ2v) is 7.84. The van der Waals surface area contributed by atoms with Crippen LogP contribution >= 0.6 is 11.8 Å². The Morgan fingerprint density at radius 3 is 2.47 bits per heavy atom. The first-order valence-electron chi connectivity index (χ1n) is 9.96. The Labute approximate surface area is 190 Å². The maximum Gasteiger partial charge on any atom is 0.234 e. The molecule has 0 spiro atoms. The molecule has 162 valence electrons. The minimum atomic E-state index is -0.955. The number of benzene rings is 3. The van der Waals surface area contributed by atoms with Crippen molar-refractivity contribution in [2.45, 2.75) is 11.3 Å². The lowest BCUT2D eigenvalue weighted by atomic mass is 10.1. The van der Waals surface area contributed by atoms with Gasteiger partial charge in [-0.1, -0.05) is 66.4 Å². The van der Waals surface area contributed by atoms with Gasteiger partial charge in [0.25, 0.3) is 0 Å². The van der Waals surface area contributed by atoms with Crippen molar-refractivity contribution in [3.05, 3.63) is 96.3 Å². The van der Waals surface area contributed by atoms with Crippen molar-refractivity contribution < 1.29 is 14.6 Å². The van der Waals surface area contributed by atoms with Gasteiger partial charge in [-0.3, -0.25) is 9.36 Å². The topological polar surface area (TPSA) is 89.3 Å². The van der Waals surface area contributed by atoms with Crippen molar-refractivity contribution in [2.75, 3.05) is 18.2 Å². The highest BCUT2D eigenvalue weighted by Gasteiger charge is 2.22. The van der Waals surface area contributed by atoms with Crippen LogP contribution in [0.5, 0.6) is 5.75 Å². The summed E-state index contributed by atoms with van der Waals surface area (Å²) in [6.45, 7) is 0. The Bertz CT molecular complexity index is 1180. The summed E-state index contributed by atoms with van der Waals surface area (Å²) in [5.74, 6) is 0.997. The van der Waals surface area contributed by atoms with Crippen molar-refractivity contribution >= 4 is 23.4 Å². The van der Waals surface area contributed by atoms with Crippen LogP contribution in [0.25, 0.3) is 5.69 Å². The molecule has 0 radical (unpaired) electrons. The quantitative estimate of drug-likeness (QED) is 0.396. The van der Waals surface area contributed by atoms with E-state index < -0.39 is 6.10 Å². The predicted octanol–water partition coefficient (Wildman–Crippen LogP) is 4.09. The van der Waals surface area contributed by atoms with Crippen LogP contribution in [0.4, 0.5) is 5.69 Å². The molecule has 4 aromatic rings. The van der Waals surface area contributed by atoms with Gasteiger partial charge in [0.2, 0.25) is 5.91 Å². The number of nitrogens with zero attached hydrogens (tertiary/aromatic N) is 3. The zero-order valence-electron chi connectivity index (χ0n) is 17.4. The van der Waals surface area contributed by atoms with E-state index >= 15 is 0 Å². The number of carbonyl (C=O) groups excluding carboxylic acids is 1. The van der Waals surface area contributed by atoms with E-state index in [9.17, 15) is 9.90 Å². The number of aromatic nitrogens is 3. The molecule has 1 aromatic heterocycles. The third-order valence-electron chi connectivity index (χ3n) is 4.72. The highest BCUT2D eigenvalue weighted by atomic mass is 32.2. The smallest absolute Gasteiger partial charge is 0.234 e. The molecular weight excluding hydrogens is 424 g/mol. The van der Waals surface area contributed by atoms with Gasteiger partial charge >= 0.3 is 0 Å². The average Bonchev–Trinajstić information content (AvgIpc) is 3.27. The molecule has 0 aliphatic heterocycles. The van der Waals surface area contributed by atoms with Crippen molar-refractivity contribution in [3.63, 3.8) is 0 Å². The van der Waals surface area contributed by atoms with Crippen molar-refractivity contribution in [1.82, 2.24) is 14.8 Å². The molecule has 1 amide bonds. The fraction of sp³-hybridized carbons (Fsp3) is 0.125. The third-order valence-corrected chi connectivity index (χ3v) is 5.65. The normalized spacial score (nSPS) is 11.7. The molecule has 0 saturated carbocycles. The molecule has 1 heterocycles. The van der Waals surface area contributed by atoms with Crippen LogP contribution in [0.2, 0.25) is 0 Å². The molecule has 32 heavy (non-hydrogen) atoms. The minimum Gasteiger partial charge on any atom is -0.497 e. The molecule has 0 bridgehead atoms. The summed E-state index contributed by atoms with van der Waals surface area (Å²) in [6.07, 6.45) is -0.955. The van der Waals surface area contributed by atoms with E-state index in [1.165, 1.54) is 11.8 Å². The number of para-hydroxylation sites is 1. The third kappa shape index (κ3) is 4.99. The van der Waals surface area contributed by atoms with E-state index in [0.29, 0.717) is 28.0 Å².